The Balaban J connectivity index is 1.89. The number of nitrogens with one attached hydrogen (secondary N) is 3. The van der Waals surface area contributed by atoms with Crippen LogP contribution in [0.1, 0.15) is 29.7 Å². The van der Waals surface area contributed by atoms with E-state index in [0.29, 0.717) is 29.7 Å². The second-order valence-corrected chi connectivity index (χ2v) is 7.81. The minimum absolute atomic E-state index is 0.148. The van der Waals surface area contributed by atoms with Crippen LogP contribution in [0.4, 0.5) is 10.5 Å². The number of rotatable bonds is 6. The van der Waals surface area contributed by atoms with Gasteiger partial charge in [0.05, 0.1) is 20.3 Å². The van der Waals surface area contributed by atoms with E-state index in [9.17, 15) is 4.79 Å². The van der Waals surface area contributed by atoms with Crippen LogP contribution in [0.2, 0.25) is 0 Å². The maximum atomic E-state index is 13.2. The Hall–Kier alpha value is -3.00. The maximum absolute atomic E-state index is 13.2. The molecule has 1 atom stereocenters. The molecule has 0 spiro atoms. The van der Waals surface area contributed by atoms with Crippen LogP contribution in [0.3, 0.4) is 0 Å². The number of hydrogen-bond acceptors (Lipinski definition) is 4. The first-order valence-corrected chi connectivity index (χ1v) is 10.8. The number of carbonyl (C=O) groups excluding carboxylic acids is 1. The zero-order chi connectivity index (χ0) is 22.4. The summed E-state index contributed by atoms with van der Waals surface area (Å²) in [6.45, 7) is 5.80. The highest BCUT2D eigenvalue weighted by Crippen LogP contribution is 2.38. The van der Waals surface area contributed by atoms with Crippen molar-refractivity contribution in [2.45, 2.75) is 26.3 Å². The summed E-state index contributed by atoms with van der Waals surface area (Å²) < 4.78 is 11.0. The number of ether oxygens (including phenoxy) is 2. The van der Waals surface area contributed by atoms with Crippen molar-refractivity contribution in [3.8, 4) is 11.5 Å². The number of anilines is 1. The van der Waals surface area contributed by atoms with Gasteiger partial charge in [-0.3, -0.25) is 0 Å². The van der Waals surface area contributed by atoms with Crippen molar-refractivity contribution in [3.63, 3.8) is 0 Å². The van der Waals surface area contributed by atoms with E-state index >= 15 is 0 Å². The molecule has 0 bridgehead atoms. The smallest absolute Gasteiger partial charge is 0.322 e. The number of benzene rings is 2. The molecule has 0 aliphatic carbocycles. The van der Waals surface area contributed by atoms with Crippen LogP contribution in [0.5, 0.6) is 11.5 Å². The topological polar surface area (TPSA) is 74.9 Å². The third-order valence-corrected chi connectivity index (χ3v) is 5.65. The predicted molar refractivity (Wildman–Crippen MR) is 127 cm³/mol. The third kappa shape index (κ3) is 5.38. The van der Waals surface area contributed by atoms with Crippen LogP contribution in [0.25, 0.3) is 0 Å². The summed E-state index contributed by atoms with van der Waals surface area (Å²) in [5.41, 5.74) is 4.07. The van der Waals surface area contributed by atoms with E-state index in [4.69, 9.17) is 21.7 Å². The highest BCUT2D eigenvalue weighted by molar-refractivity contribution is 7.80. The van der Waals surface area contributed by atoms with Gasteiger partial charge in [0.25, 0.3) is 0 Å². The zero-order valence-corrected chi connectivity index (χ0v) is 19.3. The SMILES string of the molecule is CCNC(=S)NCC1c2cc(OC)c(OC)cc2CCN1C(=O)Nc1ccc(C)cc1. The van der Waals surface area contributed by atoms with Gasteiger partial charge in [-0.1, -0.05) is 17.7 Å². The fraction of sp³-hybridized carbons (Fsp3) is 0.391. The van der Waals surface area contributed by atoms with Gasteiger partial charge in [-0.25, -0.2) is 4.79 Å². The van der Waals surface area contributed by atoms with E-state index in [2.05, 4.69) is 16.0 Å². The van der Waals surface area contributed by atoms with Crippen molar-refractivity contribution in [2.75, 3.05) is 39.2 Å². The molecule has 0 fully saturated rings. The molecule has 1 unspecified atom stereocenters. The van der Waals surface area contributed by atoms with Crippen LogP contribution in [0.15, 0.2) is 36.4 Å². The van der Waals surface area contributed by atoms with Crippen molar-refractivity contribution in [3.05, 3.63) is 53.1 Å². The molecule has 0 radical (unpaired) electrons. The Kier molecular flexibility index (Phi) is 7.57. The molecule has 166 valence electrons. The third-order valence-electron chi connectivity index (χ3n) is 5.36. The van der Waals surface area contributed by atoms with Crippen molar-refractivity contribution < 1.29 is 14.3 Å². The Morgan fingerprint density at radius 3 is 2.45 bits per heavy atom. The lowest BCUT2D eigenvalue weighted by Crippen LogP contribution is -2.48. The molecule has 0 saturated carbocycles. The fourth-order valence-corrected chi connectivity index (χ4v) is 3.96. The van der Waals surface area contributed by atoms with Crippen molar-refractivity contribution in [1.82, 2.24) is 15.5 Å². The Morgan fingerprint density at radius 2 is 1.81 bits per heavy atom. The molecule has 0 aromatic heterocycles. The molecular weight excluding hydrogens is 412 g/mol. The summed E-state index contributed by atoms with van der Waals surface area (Å²) in [4.78, 5) is 15.0. The lowest BCUT2D eigenvalue weighted by Gasteiger charge is -2.38. The predicted octanol–water partition coefficient (Wildman–Crippen LogP) is 3.63. The average molecular weight is 443 g/mol. The van der Waals surface area contributed by atoms with Crippen molar-refractivity contribution >= 4 is 29.0 Å². The van der Waals surface area contributed by atoms with Gasteiger partial charge in [0.15, 0.2) is 16.6 Å². The van der Waals surface area contributed by atoms with Crippen LogP contribution >= 0.6 is 12.2 Å². The number of hydrogen-bond donors (Lipinski definition) is 3. The maximum Gasteiger partial charge on any atom is 0.322 e. The summed E-state index contributed by atoms with van der Waals surface area (Å²) in [5, 5.41) is 9.92. The number of amides is 2. The average Bonchev–Trinajstić information content (AvgIpc) is 2.77. The highest BCUT2D eigenvalue weighted by atomic mass is 32.1. The van der Waals surface area contributed by atoms with E-state index in [1.54, 1.807) is 14.2 Å². The molecule has 8 heteroatoms. The number of methoxy groups -OCH3 is 2. The number of fused-ring (bicyclic) bond motifs is 1. The molecule has 0 saturated heterocycles. The number of aryl methyl sites for hydroxylation is 1. The molecular formula is C23H30N4O3S. The van der Waals surface area contributed by atoms with Gasteiger partial charge in [0.2, 0.25) is 0 Å². The molecule has 2 aromatic carbocycles. The van der Waals surface area contributed by atoms with Crippen LogP contribution in [-0.4, -0.2) is 49.9 Å². The normalized spacial score (nSPS) is 15.0. The summed E-state index contributed by atoms with van der Waals surface area (Å²) in [6, 6.07) is 11.4. The largest absolute Gasteiger partial charge is 0.493 e. The zero-order valence-electron chi connectivity index (χ0n) is 18.5. The van der Waals surface area contributed by atoms with Gasteiger partial charge >= 0.3 is 6.03 Å². The molecule has 7 nitrogen and oxygen atoms in total. The first-order valence-electron chi connectivity index (χ1n) is 10.4. The van der Waals surface area contributed by atoms with Gasteiger partial charge in [0, 0.05) is 25.3 Å². The highest BCUT2D eigenvalue weighted by Gasteiger charge is 2.32. The lowest BCUT2D eigenvalue weighted by molar-refractivity contribution is 0.182. The minimum atomic E-state index is -0.217. The number of urea groups is 1. The standard InChI is InChI=1S/C23H30N4O3S/c1-5-24-22(31)25-14-19-18-13-21(30-4)20(29-3)12-16(18)10-11-27(19)23(28)26-17-8-6-15(2)7-9-17/h6-9,12-13,19H,5,10-11,14H2,1-4H3,(H,26,28)(H2,24,25,31). The summed E-state index contributed by atoms with van der Waals surface area (Å²) >= 11 is 5.34. The second-order valence-electron chi connectivity index (χ2n) is 7.40. The van der Waals surface area contributed by atoms with E-state index in [1.165, 1.54) is 0 Å². The Labute approximate surface area is 189 Å². The van der Waals surface area contributed by atoms with Gasteiger partial charge in [-0.05, 0) is 67.9 Å². The molecule has 1 heterocycles. The summed E-state index contributed by atoms with van der Waals surface area (Å²) in [7, 11) is 3.24. The number of nitrogens with zero attached hydrogens (tertiary/aromatic N) is 1. The van der Waals surface area contributed by atoms with E-state index in [1.807, 2.05) is 55.1 Å². The molecule has 2 aromatic rings. The summed E-state index contributed by atoms with van der Waals surface area (Å²) in [5.74, 6) is 1.33. The fourth-order valence-electron chi connectivity index (χ4n) is 3.74. The van der Waals surface area contributed by atoms with Crippen molar-refractivity contribution in [1.29, 1.82) is 0 Å². The van der Waals surface area contributed by atoms with Gasteiger partial charge < -0.3 is 30.3 Å². The summed E-state index contributed by atoms with van der Waals surface area (Å²) in [6.07, 6.45) is 0.727. The lowest BCUT2D eigenvalue weighted by atomic mass is 9.92. The molecule has 3 rings (SSSR count). The van der Waals surface area contributed by atoms with Crippen LogP contribution in [-0.2, 0) is 6.42 Å². The first-order chi connectivity index (χ1) is 15.0. The van der Waals surface area contributed by atoms with E-state index < -0.39 is 0 Å². The molecule has 1 aliphatic rings. The van der Waals surface area contributed by atoms with Crippen LogP contribution < -0.4 is 25.4 Å². The number of carbonyl (C=O) groups is 1. The van der Waals surface area contributed by atoms with Gasteiger partial charge in [-0.15, -0.1) is 0 Å². The molecule has 31 heavy (non-hydrogen) atoms. The first kappa shape index (κ1) is 22.7. The molecule has 2 amide bonds. The van der Waals surface area contributed by atoms with Crippen LogP contribution in [0, 0.1) is 6.92 Å². The second kappa shape index (κ2) is 10.3. The minimum Gasteiger partial charge on any atom is -0.493 e. The Morgan fingerprint density at radius 1 is 1.13 bits per heavy atom. The van der Waals surface area contributed by atoms with E-state index in [0.717, 1.165) is 35.3 Å². The molecule has 3 N–H and O–H groups in total. The van der Waals surface area contributed by atoms with Gasteiger partial charge in [0.1, 0.15) is 0 Å². The Bertz CT molecular complexity index is 933. The monoisotopic (exact) mass is 442 g/mol. The van der Waals surface area contributed by atoms with E-state index in [-0.39, 0.29) is 12.1 Å². The molecule has 1 aliphatic heterocycles. The quantitative estimate of drug-likeness (QED) is 0.594. The van der Waals surface area contributed by atoms with Crippen molar-refractivity contribution in [2.24, 2.45) is 0 Å². The number of thiocarbonyl (C=S) groups is 1. The van der Waals surface area contributed by atoms with Gasteiger partial charge in [-0.2, -0.15) is 0 Å².